The molecule has 2 aliphatic rings. The predicted molar refractivity (Wildman–Crippen MR) is 85.9 cm³/mol. The fourth-order valence-electron chi connectivity index (χ4n) is 3.39. The molecule has 118 valence electrons. The Morgan fingerprint density at radius 1 is 1.18 bits per heavy atom. The lowest BCUT2D eigenvalue weighted by Crippen LogP contribution is -3.28. The molecule has 22 heavy (non-hydrogen) atoms. The molecule has 5 nitrogen and oxygen atoms in total. The largest absolute Gasteiger partial charge is 0.326 e. The number of hydrazone groups is 1. The number of carbonyl (C=O) groups is 1. The highest BCUT2D eigenvalue weighted by molar-refractivity contribution is 5.80. The van der Waals surface area contributed by atoms with Gasteiger partial charge in [0, 0.05) is 12.6 Å². The zero-order chi connectivity index (χ0) is 15.4. The number of quaternary nitrogens is 2. The van der Waals surface area contributed by atoms with Crippen molar-refractivity contribution in [2.75, 3.05) is 39.3 Å². The first kappa shape index (κ1) is 15.2. The van der Waals surface area contributed by atoms with Crippen LogP contribution in [0.2, 0.25) is 0 Å². The van der Waals surface area contributed by atoms with Crippen LogP contribution in [0, 0.1) is 0 Å². The normalized spacial score (nSPS) is 28.0. The molecule has 1 saturated heterocycles. The average Bonchev–Trinajstić information content (AvgIpc) is 3.06. The number of likely N-dealkylation sites (N-methyl/N-ethyl adjacent to an activating group) is 1. The smallest absolute Gasteiger partial charge is 0.298 e. The van der Waals surface area contributed by atoms with Crippen LogP contribution in [0.15, 0.2) is 35.4 Å². The topological polar surface area (TPSA) is 41.6 Å². The molecule has 0 aromatic heterocycles. The molecule has 2 aliphatic heterocycles. The van der Waals surface area contributed by atoms with E-state index in [2.05, 4.69) is 24.2 Å². The van der Waals surface area contributed by atoms with Crippen LogP contribution in [0.1, 0.15) is 24.9 Å². The van der Waals surface area contributed by atoms with E-state index in [4.69, 9.17) is 0 Å². The van der Waals surface area contributed by atoms with Crippen LogP contribution in [0.25, 0.3) is 0 Å². The first-order valence-corrected chi connectivity index (χ1v) is 8.34. The third-order valence-electron chi connectivity index (χ3n) is 4.84. The van der Waals surface area contributed by atoms with Gasteiger partial charge in [0.05, 0.1) is 12.6 Å². The molecule has 2 heterocycles. The summed E-state index contributed by atoms with van der Waals surface area (Å²) in [4.78, 5) is 15.7. The van der Waals surface area contributed by atoms with Crippen molar-refractivity contribution in [3.63, 3.8) is 0 Å². The van der Waals surface area contributed by atoms with E-state index >= 15 is 0 Å². The number of amides is 1. The molecule has 1 atom stereocenters. The molecule has 0 spiro atoms. The number of rotatable bonds is 4. The zero-order valence-electron chi connectivity index (χ0n) is 13.3. The van der Waals surface area contributed by atoms with Gasteiger partial charge in [-0.2, -0.15) is 5.10 Å². The highest BCUT2D eigenvalue weighted by atomic mass is 16.2. The number of hydrogen-bond acceptors (Lipinski definition) is 2. The van der Waals surface area contributed by atoms with E-state index in [1.165, 1.54) is 30.1 Å². The number of carbonyl (C=O) groups excluding carboxylic acids is 1. The van der Waals surface area contributed by atoms with Crippen LogP contribution in [-0.2, 0) is 4.79 Å². The molecule has 1 fully saturated rings. The van der Waals surface area contributed by atoms with Crippen molar-refractivity contribution in [2.45, 2.75) is 19.4 Å². The van der Waals surface area contributed by atoms with E-state index in [9.17, 15) is 4.79 Å². The molecule has 3 rings (SSSR count). The van der Waals surface area contributed by atoms with Crippen LogP contribution >= 0.6 is 0 Å². The molecular formula is C17H26N4O+2. The van der Waals surface area contributed by atoms with Crippen LogP contribution in [0.5, 0.6) is 0 Å². The molecular weight excluding hydrogens is 276 g/mol. The molecule has 0 saturated carbocycles. The second-order valence-corrected chi connectivity index (χ2v) is 6.23. The van der Waals surface area contributed by atoms with Crippen molar-refractivity contribution >= 4 is 12.1 Å². The SMILES string of the molecule is CC[NH+]1CC[NH+](CC(=O)N2N=CC[C@@H]2c2ccccc2)CC1. The fourth-order valence-corrected chi connectivity index (χ4v) is 3.39. The van der Waals surface area contributed by atoms with Crippen LogP contribution in [0.4, 0.5) is 0 Å². The second kappa shape index (κ2) is 7.03. The summed E-state index contributed by atoms with van der Waals surface area (Å²) in [5, 5.41) is 6.03. The Morgan fingerprint density at radius 3 is 2.55 bits per heavy atom. The number of hydrogen-bond donors (Lipinski definition) is 2. The van der Waals surface area contributed by atoms with E-state index in [1.54, 1.807) is 9.91 Å². The van der Waals surface area contributed by atoms with Crippen LogP contribution in [-0.4, -0.2) is 56.4 Å². The third-order valence-corrected chi connectivity index (χ3v) is 4.84. The molecule has 5 heteroatoms. The van der Waals surface area contributed by atoms with Crippen molar-refractivity contribution in [1.29, 1.82) is 0 Å². The number of benzene rings is 1. The van der Waals surface area contributed by atoms with Gasteiger partial charge in [-0.25, -0.2) is 5.01 Å². The lowest BCUT2D eigenvalue weighted by molar-refractivity contribution is -1.01. The van der Waals surface area contributed by atoms with Crippen molar-refractivity contribution in [2.24, 2.45) is 5.10 Å². The lowest BCUT2D eigenvalue weighted by Gasteiger charge is -2.30. The molecule has 1 aromatic carbocycles. The molecule has 2 N–H and O–H groups in total. The van der Waals surface area contributed by atoms with E-state index in [0.29, 0.717) is 6.54 Å². The van der Waals surface area contributed by atoms with Crippen molar-refractivity contribution < 1.29 is 14.6 Å². The van der Waals surface area contributed by atoms with Crippen LogP contribution < -0.4 is 9.80 Å². The second-order valence-electron chi connectivity index (χ2n) is 6.23. The Balaban J connectivity index is 1.59. The summed E-state index contributed by atoms with van der Waals surface area (Å²) in [6.07, 6.45) is 2.68. The number of nitrogens with zero attached hydrogens (tertiary/aromatic N) is 2. The molecule has 1 amide bonds. The minimum atomic E-state index is 0.0793. The van der Waals surface area contributed by atoms with E-state index in [0.717, 1.165) is 19.5 Å². The summed E-state index contributed by atoms with van der Waals surface area (Å²) in [5.74, 6) is 0.151. The average molecular weight is 302 g/mol. The van der Waals surface area contributed by atoms with E-state index < -0.39 is 0 Å². The van der Waals surface area contributed by atoms with Crippen molar-refractivity contribution in [1.82, 2.24) is 5.01 Å². The summed E-state index contributed by atoms with van der Waals surface area (Å²) in [6.45, 7) is 8.50. The summed E-state index contributed by atoms with van der Waals surface area (Å²) in [5.41, 5.74) is 1.17. The Kier molecular flexibility index (Phi) is 4.85. The van der Waals surface area contributed by atoms with Gasteiger partial charge in [0.1, 0.15) is 26.2 Å². The summed E-state index contributed by atoms with van der Waals surface area (Å²) < 4.78 is 0. The summed E-state index contributed by atoms with van der Waals surface area (Å²) >= 11 is 0. The Hall–Kier alpha value is -1.72. The highest BCUT2D eigenvalue weighted by Crippen LogP contribution is 2.27. The number of nitrogens with one attached hydrogen (secondary N) is 2. The van der Waals surface area contributed by atoms with Gasteiger partial charge in [-0.05, 0) is 12.5 Å². The lowest BCUT2D eigenvalue weighted by atomic mass is 10.0. The van der Waals surface area contributed by atoms with Crippen molar-refractivity contribution in [3.05, 3.63) is 35.9 Å². The summed E-state index contributed by atoms with van der Waals surface area (Å²) in [6, 6.07) is 10.3. The minimum Gasteiger partial charge on any atom is -0.326 e. The standard InChI is InChI=1S/C17H24N4O/c1-2-19-10-12-20(13-11-19)14-17(22)21-16(8-9-18-21)15-6-4-3-5-7-15/h3-7,9,16H,2,8,10-14H2,1H3/p+2/t16-/m1/s1. The van der Waals surface area contributed by atoms with Crippen LogP contribution in [0.3, 0.4) is 0 Å². The Bertz CT molecular complexity index is 523. The van der Waals surface area contributed by atoms with Gasteiger partial charge in [0.15, 0.2) is 6.54 Å². The Morgan fingerprint density at radius 2 is 1.86 bits per heavy atom. The van der Waals surface area contributed by atoms with Gasteiger partial charge in [0.2, 0.25) is 0 Å². The third kappa shape index (κ3) is 3.36. The maximum Gasteiger partial charge on any atom is 0.298 e. The fraction of sp³-hybridized carbons (Fsp3) is 0.529. The minimum absolute atomic E-state index is 0.0793. The first-order chi connectivity index (χ1) is 10.8. The molecule has 0 unspecified atom stereocenters. The first-order valence-electron chi connectivity index (χ1n) is 8.34. The molecule has 0 bridgehead atoms. The molecule has 1 aromatic rings. The van der Waals surface area contributed by atoms with Crippen molar-refractivity contribution in [3.8, 4) is 0 Å². The maximum atomic E-state index is 12.6. The molecule has 0 aliphatic carbocycles. The van der Waals surface area contributed by atoms with E-state index in [-0.39, 0.29) is 11.9 Å². The Labute approximate surface area is 132 Å². The maximum absolute atomic E-state index is 12.6. The van der Waals surface area contributed by atoms with Gasteiger partial charge >= 0.3 is 0 Å². The van der Waals surface area contributed by atoms with Gasteiger partial charge in [-0.3, -0.25) is 4.79 Å². The van der Waals surface area contributed by atoms with E-state index in [1.807, 2.05) is 24.4 Å². The van der Waals surface area contributed by atoms with Gasteiger partial charge in [-0.1, -0.05) is 30.3 Å². The summed E-state index contributed by atoms with van der Waals surface area (Å²) in [7, 11) is 0. The predicted octanol–water partition coefficient (Wildman–Crippen LogP) is -1.25. The van der Waals surface area contributed by atoms with Gasteiger partial charge in [0.25, 0.3) is 5.91 Å². The molecule has 0 radical (unpaired) electrons. The van der Waals surface area contributed by atoms with Gasteiger partial charge in [-0.15, -0.1) is 0 Å². The monoisotopic (exact) mass is 302 g/mol. The van der Waals surface area contributed by atoms with Gasteiger partial charge < -0.3 is 9.80 Å². The number of piperazine rings is 1. The highest BCUT2D eigenvalue weighted by Gasteiger charge is 2.32. The quantitative estimate of drug-likeness (QED) is 0.717. The zero-order valence-corrected chi connectivity index (χ0v) is 13.3.